The van der Waals surface area contributed by atoms with Gasteiger partial charge in [-0.1, -0.05) is 0 Å². The summed E-state index contributed by atoms with van der Waals surface area (Å²) >= 11 is 0. The second-order valence-corrected chi connectivity index (χ2v) is 8.71. The molecule has 2 aromatic heterocycles. The normalized spacial score (nSPS) is 19.5. The molecule has 3 aromatic rings. The van der Waals surface area contributed by atoms with E-state index in [1.807, 2.05) is 6.92 Å². The van der Waals surface area contributed by atoms with Crippen LogP contribution in [0.5, 0.6) is 0 Å². The molecular formula is C24H26FN5O4. The summed E-state index contributed by atoms with van der Waals surface area (Å²) in [5.41, 5.74) is 9.60. The third-order valence-electron chi connectivity index (χ3n) is 6.41. The second-order valence-electron chi connectivity index (χ2n) is 8.71. The Kier molecular flexibility index (Phi) is 5.93. The number of carbonyl (C=O) groups excluding carboxylic acids is 1. The van der Waals surface area contributed by atoms with E-state index in [1.54, 1.807) is 18.3 Å². The number of nitrogens with zero attached hydrogens (tertiary/aromatic N) is 2. The Bertz CT molecular complexity index is 1260. The zero-order valence-electron chi connectivity index (χ0n) is 18.7. The summed E-state index contributed by atoms with van der Waals surface area (Å²) in [5, 5.41) is 16.4. The van der Waals surface area contributed by atoms with Crippen molar-refractivity contribution in [1.82, 2.24) is 9.97 Å². The summed E-state index contributed by atoms with van der Waals surface area (Å²) in [5.74, 6) is -0.181. The Morgan fingerprint density at radius 2 is 2.21 bits per heavy atom. The van der Waals surface area contributed by atoms with Crippen LogP contribution in [0.15, 0.2) is 24.5 Å². The van der Waals surface area contributed by atoms with E-state index >= 15 is 4.39 Å². The molecule has 1 aromatic carbocycles. The fourth-order valence-corrected chi connectivity index (χ4v) is 4.49. The monoisotopic (exact) mass is 467 g/mol. The number of carbonyl (C=O) groups is 1. The van der Waals surface area contributed by atoms with Crippen molar-refractivity contribution in [2.75, 3.05) is 42.7 Å². The third-order valence-corrected chi connectivity index (χ3v) is 6.41. The standard InChI is InChI=1S/C24H26FN5O4/c1-12-17(8-27-19-4-13(10-31)7-29-23(12)19)16-5-14-6-20(28-9-18(14)22(26)21(16)25)30-24(32)34-15-2-3-33-11-15/h5-6,8-9,13,15,29,31H,2-4,7,10-11,26H2,1H3,(H,28,30,32). The van der Waals surface area contributed by atoms with Gasteiger partial charge in [-0.2, -0.15) is 0 Å². The van der Waals surface area contributed by atoms with Crippen LogP contribution in [-0.4, -0.2) is 53.6 Å². The van der Waals surface area contributed by atoms with Gasteiger partial charge in [0.15, 0.2) is 5.82 Å². The number of hydrogen-bond donors (Lipinski definition) is 4. The first-order chi connectivity index (χ1) is 16.4. The summed E-state index contributed by atoms with van der Waals surface area (Å²) in [6.45, 7) is 3.55. The molecule has 2 unspecified atom stereocenters. The number of amides is 1. The number of nitrogen functional groups attached to an aromatic ring is 1. The molecule has 0 saturated carbocycles. The Balaban J connectivity index is 1.48. The molecule has 4 heterocycles. The Hall–Kier alpha value is -3.50. The van der Waals surface area contributed by atoms with Crippen LogP contribution in [0.3, 0.4) is 0 Å². The molecule has 10 heteroatoms. The highest BCUT2D eigenvalue weighted by atomic mass is 19.1. The molecule has 34 heavy (non-hydrogen) atoms. The lowest BCUT2D eigenvalue weighted by Crippen LogP contribution is -2.27. The van der Waals surface area contributed by atoms with Gasteiger partial charge in [-0.25, -0.2) is 14.2 Å². The van der Waals surface area contributed by atoms with Gasteiger partial charge in [0.25, 0.3) is 0 Å². The average molecular weight is 468 g/mol. The molecule has 9 nitrogen and oxygen atoms in total. The Labute approximate surface area is 195 Å². The van der Waals surface area contributed by atoms with Gasteiger partial charge >= 0.3 is 6.09 Å². The van der Waals surface area contributed by atoms with Crippen molar-refractivity contribution in [2.24, 2.45) is 5.92 Å². The molecular weight excluding hydrogens is 441 g/mol. The van der Waals surface area contributed by atoms with Crippen molar-refractivity contribution < 1.29 is 23.8 Å². The molecule has 1 saturated heterocycles. The number of aliphatic hydroxyl groups excluding tert-OH is 1. The lowest BCUT2D eigenvalue weighted by atomic mass is 9.92. The average Bonchev–Trinajstić information content (AvgIpc) is 3.34. The van der Waals surface area contributed by atoms with Crippen molar-refractivity contribution in [1.29, 1.82) is 0 Å². The van der Waals surface area contributed by atoms with Crippen LogP contribution in [0.1, 0.15) is 17.7 Å². The van der Waals surface area contributed by atoms with Gasteiger partial charge in [-0.15, -0.1) is 0 Å². The molecule has 0 aliphatic carbocycles. The molecule has 2 aliphatic heterocycles. The van der Waals surface area contributed by atoms with Gasteiger partial charge in [0.05, 0.1) is 30.3 Å². The predicted molar refractivity (Wildman–Crippen MR) is 126 cm³/mol. The summed E-state index contributed by atoms with van der Waals surface area (Å²) in [6.07, 6.45) is 3.48. The minimum absolute atomic E-state index is 0.0253. The van der Waals surface area contributed by atoms with E-state index in [0.717, 1.165) is 16.9 Å². The van der Waals surface area contributed by atoms with Crippen molar-refractivity contribution in [2.45, 2.75) is 25.9 Å². The minimum Gasteiger partial charge on any atom is -0.443 e. The first kappa shape index (κ1) is 22.3. The Morgan fingerprint density at radius 1 is 1.35 bits per heavy atom. The quantitative estimate of drug-likeness (QED) is 0.430. The van der Waals surface area contributed by atoms with E-state index in [1.165, 1.54) is 6.20 Å². The maximum atomic E-state index is 15.3. The summed E-state index contributed by atoms with van der Waals surface area (Å²) < 4.78 is 25.9. The van der Waals surface area contributed by atoms with E-state index in [9.17, 15) is 9.90 Å². The first-order valence-corrected chi connectivity index (χ1v) is 11.2. The summed E-state index contributed by atoms with van der Waals surface area (Å²) in [7, 11) is 0. The van der Waals surface area contributed by atoms with Crippen molar-refractivity contribution in [3.05, 3.63) is 41.6 Å². The van der Waals surface area contributed by atoms with Gasteiger partial charge in [0.2, 0.25) is 0 Å². The lowest BCUT2D eigenvalue weighted by molar-refractivity contribution is 0.0931. The molecule has 0 bridgehead atoms. The molecule has 0 radical (unpaired) electrons. The van der Waals surface area contributed by atoms with Gasteiger partial charge in [-0.3, -0.25) is 10.3 Å². The first-order valence-electron chi connectivity index (χ1n) is 11.2. The zero-order chi connectivity index (χ0) is 23.8. The maximum Gasteiger partial charge on any atom is 0.413 e. The molecule has 1 fully saturated rings. The van der Waals surface area contributed by atoms with E-state index < -0.39 is 11.9 Å². The predicted octanol–water partition coefficient (Wildman–Crippen LogP) is 3.24. The van der Waals surface area contributed by atoms with E-state index in [-0.39, 0.29) is 30.1 Å². The highest BCUT2D eigenvalue weighted by molar-refractivity contribution is 5.99. The van der Waals surface area contributed by atoms with Crippen LogP contribution >= 0.6 is 0 Å². The number of benzene rings is 1. The molecule has 1 amide bonds. The molecule has 0 spiro atoms. The molecule has 5 N–H and O–H groups in total. The van der Waals surface area contributed by atoms with E-state index in [2.05, 4.69) is 20.6 Å². The van der Waals surface area contributed by atoms with Gasteiger partial charge in [-0.05, 0) is 36.4 Å². The van der Waals surface area contributed by atoms with Crippen molar-refractivity contribution in [3.63, 3.8) is 0 Å². The highest BCUT2D eigenvalue weighted by Crippen LogP contribution is 2.38. The number of anilines is 3. The van der Waals surface area contributed by atoms with Gasteiger partial charge < -0.3 is 25.6 Å². The number of pyridine rings is 2. The molecule has 5 rings (SSSR count). The number of ether oxygens (including phenoxy) is 2. The number of fused-ring (bicyclic) bond motifs is 2. The van der Waals surface area contributed by atoms with E-state index in [4.69, 9.17) is 15.2 Å². The number of aromatic nitrogens is 2. The minimum atomic E-state index is -0.625. The van der Waals surface area contributed by atoms with Crippen LogP contribution in [-0.2, 0) is 15.9 Å². The Morgan fingerprint density at radius 3 is 2.97 bits per heavy atom. The zero-order valence-corrected chi connectivity index (χ0v) is 18.7. The highest BCUT2D eigenvalue weighted by Gasteiger charge is 2.24. The smallest absolute Gasteiger partial charge is 0.413 e. The summed E-state index contributed by atoms with van der Waals surface area (Å²) in [6, 6.07) is 3.31. The summed E-state index contributed by atoms with van der Waals surface area (Å²) in [4.78, 5) is 20.9. The van der Waals surface area contributed by atoms with Crippen LogP contribution < -0.4 is 16.4 Å². The fourth-order valence-electron chi connectivity index (χ4n) is 4.49. The van der Waals surface area contributed by atoms with Crippen LogP contribution in [0.25, 0.3) is 21.9 Å². The maximum absolute atomic E-state index is 15.3. The number of aliphatic hydroxyl groups is 1. The van der Waals surface area contributed by atoms with E-state index in [0.29, 0.717) is 54.5 Å². The number of nitrogens with two attached hydrogens (primary N) is 1. The third kappa shape index (κ3) is 4.10. The largest absolute Gasteiger partial charge is 0.443 e. The number of hydrogen-bond acceptors (Lipinski definition) is 8. The topological polar surface area (TPSA) is 132 Å². The van der Waals surface area contributed by atoms with Gasteiger partial charge in [0.1, 0.15) is 11.9 Å². The van der Waals surface area contributed by atoms with Crippen LogP contribution in [0.2, 0.25) is 0 Å². The lowest BCUT2D eigenvalue weighted by Gasteiger charge is -2.26. The van der Waals surface area contributed by atoms with Crippen molar-refractivity contribution in [3.8, 4) is 11.1 Å². The number of halogens is 1. The number of rotatable bonds is 4. The second kappa shape index (κ2) is 9.03. The van der Waals surface area contributed by atoms with Gasteiger partial charge in [0, 0.05) is 54.4 Å². The van der Waals surface area contributed by atoms with Crippen LogP contribution in [0.4, 0.5) is 26.4 Å². The fraction of sp³-hybridized carbons (Fsp3) is 0.375. The van der Waals surface area contributed by atoms with Crippen molar-refractivity contribution >= 4 is 34.1 Å². The SMILES string of the molecule is Cc1c(-c2cc3cc(NC(=O)OC4CCOC4)ncc3c(N)c2F)cnc2c1NCC(CO)C2. The number of nitrogens with one attached hydrogen (secondary N) is 2. The molecule has 2 atom stereocenters. The van der Waals surface area contributed by atoms with Crippen LogP contribution in [0, 0.1) is 18.7 Å². The molecule has 2 aliphatic rings. The molecule has 178 valence electrons.